The molecule has 2 N–H and O–H groups in total. The normalized spacial score (nSPS) is 13.5. The molecule has 2 nitrogen and oxygen atoms in total. The van der Waals surface area contributed by atoms with E-state index in [1.807, 2.05) is 0 Å². The van der Waals surface area contributed by atoms with Gasteiger partial charge >= 0.3 is 6.18 Å². The maximum absolute atomic E-state index is 12.0. The molecule has 0 spiro atoms. The highest BCUT2D eigenvalue weighted by molar-refractivity contribution is 5.05. The molecule has 0 aromatic heterocycles. The fraction of sp³-hybridized carbons (Fsp3) is 0.667. The fourth-order valence-electron chi connectivity index (χ4n) is 0.653. The largest absolute Gasteiger partial charge is 0.432 e. The summed E-state index contributed by atoms with van der Waals surface area (Å²) in [6.07, 6.45) is -2.99. The summed E-state index contributed by atoms with van der Waals surface area (Å²) in [7, 11) is 1.16. The Bertz CT molecular complexity index is 148. The highest BCUT2D eigenvalue weighted by atomic mass is 19.4. The lowest BCUT2D eigenvalue weighted by Crippen LogP contribution is -2.33. The van der Waals surface area contributed by atoms with Gasteiger partial charge in [0.15, 0.2) is 0 Å². The second kappa shape index (κ2) is 3.61. The topological polar surface area (TPSA) is 29.3 Å². The van der Waals surface area contributed by atoms with Gasteiger partial charge in [0.05, 0.1) is 0 Å². The van der Waals surface area contributed by atoms with Crippen LogP contribution in [0.25, 0.3) is 0 Å². The van der Waals surface area contributed by atoms with Gasteiger partial charge in [0.2, 0.25) is 0 Å². The molecular weight excluding hydrogens is 157 g/mol. The number of hydrazine groups is 1. The van der Waals surface area contributed by atoms with Crippen molar-refractivity contribution < 1.29 is 13.2 Å². The molecule has 0 aliphatic carbocycles. The van der Waals surface area contributed by atoms with Gasteiger partial charge in [0.1, 0.15) is 5.70 Å². The van der Waals surface area contributed by atoms with Gasteiger partial charge in [-0.2, -0.15) is 13.2 Å². The van der Waals surface area contributed by atoms with Gasteiger partial charge in [-0.1, -0.05) is 13.0 Å². The van der Waals surface area contributed by atoms with Crippen LogP contribution in [0.1, 0.15) is 13.3 Å². The second-order valence-corrected chi connectivity index (χ2v) is 2.11. The number of rotatable bonds is 2. The van der Waals surface area contributed by atoms with Crippen LogP contribution in [-0.4, -0.2) is 18.2 Å². The molecule has 0 atom stereocenters. The molecule has 0 aliphatic rings. The van der Waals surface area contributed by atoms with Gasteiger partial charge in [0.25, 0.3) is 0 Å². The monoisotopic (exact) mass is 168 g/mol. The maximum Gasteiger partial charge on any atom is 0.432 e. The van der Waals surface area contributed by atoms with Crippen LogP contribution in [0.15, 0.2) is 11.8 Å². The van der Waals surface area contributed by atoms with Gasteiger partial charge in [-0.3, -0.25) is 0 Å². The number of halogens is 3. The van der Waals surface area contributed by atoms with E-state index in [9.17, 15) is 13.2 Å². The SMILES string of the molecule is CC/C=C(\N(C)N)C(F)(F)F. The summed E-state index contributed by atoms with van der Waals surface area (Å²) in [6, 6.07) is 0. The first-order valence-electron chi connectivity index (χ1n) is 3.15. The third-order valence-electron chi connectivity index (χ3n) is 1.07. The highest BCUT2D eigenvalue weighted by Crippen LogP contribution is 2.26. The predicted octanol–water partition coefficient (Wildman–Crippen LogP) is 1.65. The number of nitrogens with zero attached hydrogens (tertiary/aromatic N) is 1. The van der Waals surface area contributed by atoms with Gasteiger partial charge in [-0.05, 0) is 6.42 Å². The zero-order chi connectivity index (χ0) is 9.07. The van der Waals surface area contributed by atoms with Crippen molar-refractivity contribution in [3.63, 3.8) is 0 Å². The van der Waals surface area contributed by atoms with Crippen molar-refractivity contribution in [2.45, 2.75) is 19.5 Å². The van der Waals surface area contributed by atoms with Gasteiger partial charge < -0.3 is 5.01 Å². The van der Waals surface area contributed by atoms with E-state index in [0.717, 1.165) is 13.1 Å². The first-order chi connectivity index (χ1) is 4.89. The molecule has 0 aromatic rings. The van der Waals surface area contributed by atoms with Crippen LogP contribution in [0.2, 0.25) is 0 Å². The molecule has 0 aromatic carbocycles. The zero-order valence-electron chi connectivity index (χ0n) is 6.44. The molecule has 66 valence electrons. The molecule has 0 fully saturated rings. The summed E-state index contributed by atoms with van der Waals surface area (Å²) in [6.45, 7) is 1.62. The van der Waals surface area contributed by atoms with Crippen LogP contribution in [0.5, 0.6) is 0 Å². The first-order valence-corrected chi connectivity index (χ1v) is 3.15. The molecule has 0 heterocycles. The molecule has 0 rings (SSSR count). The average molecular weight is 168 g/mol. The van der Waals surface area contributed by atoms with Crippen LogP contribution in [0, 0.1) is 0 Å². The Morgan fingerprint density at radius 3 is 2.09 bits per heavy atom. The van der Waals surface area contributed by atoms with E-state index in [4.69, 9.17) is 5.84 Å². The highest BCUT2D eigenvalue weighted by Gasteiger charge is 2.35. The quantitative estimate of drug-likeness (QED) is 0.501. The summed E-state index contributed by atoms with van der Waals surface area (Å²) < 4.78 is 35.9. The van der Waals surface area contributed by atoms with Gasteiger partial charge in [0, 0.05) is 7.05 Å². The maximum atomic E-state index is 12.0. The molecular formula is C6H11F3N2. The van der Waals surface area contributed by atoms with Crippen molar-refractivity contribution in [3.05, 3.63) is 11.8 Å². The van der Waals surface area contributed by atoms with Crippen molar-refractivity contribution in [1.82, 2.24) is 5.01 Å². The Morgan fingerprint density at radius 2 is 2.00 bits per heavy atom. The minimum Gasteiger partial charge on any atom is -0.310 e. The lowest BCUT2D eigenvalue weighted by molar-refractivity contribution is -0.110. The van der Waals surface area contributed by atoms with E-state index in [-0.39, 0.29) is 0 Å². The summed E-state index contributed by atoms with van der Waals surface area (Å²) in [4.78, 5) is 0. The number of hydrogen-bond acceptors (Lipinski definition) is 2. The van der Waals surface area contributed by atoms with Crippen LogP contribution >= 0.6 is 0 Å². The van der Waals surface area contributed by atoms with E-state index in [2.05, 4.69) is 0 Å². The van der Waals surface area contributed by atoms with E-state index in [0.29, 0.717) is 11.4 Å². The summed E-state index contributed by atoms with van der Waals surface area (Å²) in [5, 5.41) is 0.573. The minimum atomic E-state index is -4.35. The average Bonchev–Trinajstić information content (AvgIpc) is 1.79. The Hall–Kier alpha value is -0.710. The van der Waals surface area contributed by atoms with E-state index < -0.39 is 11.9 Å². The molecule has 0 radical (unpaired) electrons. The van der Waals surface area contributed by atoms with Crippen molar-refractivity contribution in [3.8, 4) is 0 Å². The molecule has 0 bridgehead atoms. The number of nitrogens with two attached hydrogens (primary N) is 1. The first kappa shape index (κ1) is 10.3. The van der Waals surface area contributed by atoms with Crippen molar-refractivity contribution in [2.24, 2.45) is 5.84 Å². The second-order valence-electron chi connectivity index (χ2n) is 2.11. The minimum absolute atomic E-state index is 0.316. The van der Waals surface area contributed by atoms with Gasteiger partial charge in [-0.25, -0.2) is 5.84 Å². The van der Waals surface area contributed by atoms with Crippen LogP contribution in [0.4, 0.5) is 13.2 Å². The molecule has 5 heteroatoms. The smallest absolute Gasteiger partial charge is 0.310 e. The van der Waals surface area contributed by atoms with E-state index in [1.54, 1.807) is 6.92 Å². The fourth-order valence-corrected chi connectivity index (χ4v) is 0.653. The predicted molar refractivity (Wildman–Crippen MR) is 36.4 cm³/mol. The van der Waals surface area contributed by atoms with Crippen LogP contribution in [0.3, 0.4) is 0 Å². The Kier molecular flexibility index (Phi) is 3.38. The third kappa shape index (κ3) is 3.27. The van der Waals surface area contributed by atoms with Crippen molar-refractivity contribution in [2.75, 3.05) is 7.05 Å². The zero-order valence-corrected chi connectivity index (χ0v) is 6.44. The summed E-state index contributed by atoms with van der Waals surface area (Å²) in [5.74, 6) is 4.95. The molecule has 0 saturated carbocycles. The van der Waals surface area contributed by atoms with Crippen molar-refractivity contribution >= 4 is 0 Å². The van der Waals surface area contributed by atoms with E-state index in [1.165, 1.54) is 0 Å². The molecule has 0 unspecified atom stereocenters. The van der Waals surface area contributed by atoms with Crippen molar-refractivity contribution in [1.29, 1.82) is 0 Å². The molecule has 0 amide bonds. The Morgan fingerprint density at radius 1 is 1.55 bits per heavy atom. The lowest BCUT2D eigenvalue weighted by atomic mass is 10.3. The van der Waals surface area contributed by atoms with E-state index >= 15 is 0 Å². The number of allylic oxidation sites excluding steroid dienone is 2. The summed E-state index contributed by atoms with van der Waals surface area (Å²) >= 11 is 0. The molecule has 0 saturated heterocycles. The lowest BCUT2D eigenvalue weighted by Gasteiger charge is -2.18. The third-order valence-corrected chi connectivity index (χ3v) is 1.07. The number of hydrogen-bond donors (Lipinski definition) is 1. The molecule has 0 aliphatic heterocycles. The summed E-state index contributed by atoms with van der Waals surface area (Å²) in [5.41, 5.74) is -0.806. The molecule has 11 heavy (non-hydrogen) atoms. The number of alkyl halides is 3. The van der Waals surface area contributed by atoms with Crippen LogP contribution < -0.4 is 5.84 Å². The Balaban J connectivity index is 4.49. The van der Waals surface area contributed by atoms with Gasteiger partial charge in [-0.15, -0.1) is 0 Å². The van der Waals surface area contributed by atoms with Crippen LogP contribution in [-0.2, 0) is 0 Å². The standard InChI is InChI=1S/C6H11F3N2/c1-3-4-5(11(2)10)6(7,8)9/h4H,3,10H2,1-2H3/b5-4-. The Labute approximate surface area is 63.4 Å².